The molecule has 0 aromatic heterocycles. The Morgan fingerprint density at radius 2 is 1.44 bits per heavy atom. The maximum absolute atomic E-state index is 15.0. The van der Waals surface area contributed by atoms with Crippen LogP contribution < -0.4 is 5.32 Å². The van der Waals surface area contributed by atoms with E-state index in [1.807, 2.05) is 20.8 Å². The topological polar surface area (TPSA) is 167 Å². The molecule has 292 valence electrons. The molecule has 1 heterocycles. The number of likely N-dealkylation sites (N-methyl/N-ethyl adjacent to an activating group) is 1. The number of carbonyl (C=O) groups excluding carboxylic acids is 5. The summed E-state index contributed by atoms with van der Waals surface area (Å²) >= 11 is 0. The van der Waals surface area contributed by atoms with E-state index in [2.05, 4.69) is 11.9 Å². The molecule has 15 heteroatoms. The van der Waals surface area contributed by atoms with Crippen molar-refractivity contribution in [2.75, 3.05) is 27.2 Å². The Balaban J connectivity index is 1.36. The SMILES string of the molecule is C=C[C@@H]1C[C@]1(N(C)C(=O)[C@@H]1CCCN1C(=O)[C@@H](NC(=O)OC1CCCC1)C(C)(C)C)P(=O)(OCOC(=O)c1ccccc1)OCOC(=O)c1ccccc1. The number of likely N-dealkylation sites (tertiary alicyclic amines) is 1. The lowest BCUT2D eigenvalue weighted by atomic mass is 9.85. The lowest BCUT2D eigenvalue weighted by Crippen LogP contribution is -2.58. The van der Waals surface area contributed by atoms with Gasteiger partial charge in [0, 0.05) is 19.5 Å². The summed E-state index contributed by atoms with van der Waals surface area (Å²) in [5.41, 5.74) is -0.274. The number of rotatable bonds is 15. The average molecular weight is 768 g/mol. The molecule has 1 saturated heterocycles. The summed E-state index contributed by atoms with van der Waals surface area (Å²) in [6.45, 7) is 7.95. The molecule has 3 fully saturated rings. The highest BCUT2D eigenvalue weighted by Crippen LogP contribution is 2.75. The van der Waals surface area contributed by atoms with Gasteiger partial charge in [-0.3, -0.25) is 23.2 Å². The molecule has 2 aromatic rings. The number of amides is 3. The van der Waals surface area contributed by atoms with E-state index in [-0.39, 0.29) is 30.2 Å². The molecule has 0 bridgehead atoms. The Hall–Kier alpha value is -4.52. The van der Waals surface area contributed by atoms with Gasteiger partial charge in [-0.15, -0.1) is 6.58 Å². The minimum atomic E-state index is -4.55. The third kappa shape index (κ3) is 9.05. The molecule has 2 aliphatic carbocycles. The first-order valence-electron chi connectivity index (χ1n) is 18.2. The van der Waals surface area contributed by atoms with Gasteiger partial charge >= 0.3 is 25.6 Å². The monoisotopic (exact) mass is 767 g/mol. The lowest BCUT2D eigenvalue weighted by Gasteiger charge is -2.39. The fourth-order valence-corrected chi connectivity index (χ4v) is 9.42. The van der Waals surface area contributed by atoms with Crippen LogP contribution in [0.2, 0.25) is 0 Å². The molecular formula is C39H50N3O11P. The fourth-order valence-electron chi connectivity index (χ4n) is 7.12. The molecule has 0 spiro atoms. The van der Waals surface area contributed by atoms with E-state index in [1.54, 1.807) is 36.4 Å². The molecule has 0 unspecified atom stereocenters. The smallest absolute Gasteiger partial charge is 0.408 e. The maximum atomic E-state index is 15.0. The van der Waals surface area contributed by atoms with Gasteiger partial charge in [-0.2, -0.15) is 0 Å². The molecule has 1 N–H and O–H groups in total. The van der Waals surface area contributed by atoms with Crippen LogP contribution in [0.25, 0.3) is 0 Å². The van der Waals surface area contributed by atoms with Gasteiger partial charge in [-0.05, 0) is 74.6 Å². The highest BCUT2D eigenvalue weighted by atomic mass is 31.2. The van der Waals surface area contributed by atoms with Crippen molar-refractivity contribution in [1.82, 2.24) is 15.1 Å². The standard InChI is InChI=1S/C39H50N3O11P/c1-6-29-24-39(29,54(48,51-25-49-35(45)27-16-9-7-10-17-27)52-26-50-36(46)28-18-11-8-12-19-28)41(5)33(43)31-22-15-23-42(31)34(44)32(38(2,3)4)40-37(47)53-30-20-13-14-21-30/h6-12,16-19,29-32H,1,13-15,20-26H2,2-5H3,(H,40,47)/t29-,31+,32-,39+/m1/s1. The van der Waals surface area contributed by atoms with E-state index < -0.39 is 79.7 Å². The first-order chi connectivity index (χ1) is 25.7. The second-order valence-electron chi connectivity index (χ2n) is 14.9. The number of benzene rings is 2. The maximum Gasteiger partial charge on any atom is 0.408 e. The summed E-state index contributed by atoms with van der Waals surface area (Å²) in [4.78, 5) is 69.7. The summed E-state index contributed by atoms with van der Waals surface area (Å²) in [5, 5.41) is 1.12. The normalized spacial score (nSPS) is 21.8. The molecule has 1 aliphatic heterocycles. The van der Waals surface area contributed by atoms with Crippen molar-refractivity contribution in [2.24, 2.45) is 11.3 Å². The van der Waals surface area contributed by atoms with Crippen LogP contribution in [0.4, 0.5) is 4.79 Å². The Labute approximate surface area is 316 Å². The van der Waals surface area contributed by atoms with Crippen molar-refractivity contribution in [3.8, 4) is 0 Å². The summed E-state index contributed by atoms with van der Waals surface area (Å²) in [6, 6.07) is 14.3. The Kier molecular flexibility index (Phi) is 13.0. The van der Waals surface area contributed by atoms with Crippen LogP contribution in [0, 0.1) is 11.3 Å². The molecule has 5 rings (SSSR count). The molecule has 54 heavy (non-hydrogen) atoms. The number of hydrogen-bond donors (Lipinski definition) is 1. The van der Waals surface area contributed by atoms with Crippen LogP contribution in [-0.4, -0.2) is 90.3 Å². The number of esters is 2. The summed E-state index contributed by atoms with van der Waals surface area (Å²) in [6.07, 6.45) is 5.02. The quantitative estimate of drug-likeness (QED) is 0.0713. The van der Waals surface area contributed by atoms with E-state index in [1.165, 1.54) is 47.2 Å². The zero-order valence-electron chi connectivity index (χ0n) is 31.3. The fraction of sp³-hybridized carbons (Fsp3) is 0.513. The number of ether oxygens (including phenoxy) is 3. The van der Waals surface area contributed by atoms with Crippen LogP contribution >= 0.6 is 7.60 Å². The Bertz CT molecular complexity index is 1670. The third-order valence-electron chi connectivity index (χ3n) is 10.2. The van der Waals surface area contributed by atoms with Crippen LogP contribution in [-0.2, 0) is 37.4 Å². The number of nitrogens with one attached hydrogen (secondary N) is 1. The highest BCUT2D eigenvalue weighted by molar-refractivity contribution is 7.56. The van der Waals surface area contributed by atoms with Gasteiger partial charge in [0.2, 0.25) is 25.4 Å². The van der Waals surface area contributed by atoms with Crippen molar-refractivity contribution in [3.05, 3.63) is 84.4 Å². The van der Waals surface area contributed by atoms with Gasteiger partial charge in [0.05, 0.1) is 11.1 Å². The Morgan fingerprint density at radius 1 is 0.907 bits per heavy atom. The number of nitrogens with zero attached hydrogens (tertiary/aromatic N) is 2. The van der Waals surface area contributed by atoms with Gasteiger partial charge < -0.3 is 29.3 Å². The number of alkyl carbamates (subject to hydrolysis) is 1. The Morgan fingerprint density at radius 3 is 1.93 bits per heavy atom. The molecule has 3 amide bonds. The predicted molar refractivity (Wildman–Crippen MR) is 197 cm³/mol. The first kappa shape index (κ1) is 40.7. The number of carbonyl (C=O) groups is 5. The van der Waals surface area contributed by atoms with E-state index in [4.69, 9.17) is 23.3 Å². The molecule has 0 radical (unpaired) electrons. The van der Waals surface area contributed by atoms with E-state index in [0.717, 1.165) is 25.7 Å². The largest absolute Gasteiger partial charge is 0.446 e. The van der Waals surface area contributed by atoms with Crippen molar-refractivity contribution in [3.63, 3.8) is 0 Å². The highest BCUT2D eigenvalue weighted by Gasteiger charge is 2.71. The third-order valence-corrected chi connectivity index (χ3v) is 12.9. The summed E-state index contributed by atoms with van der Waals surface area (Å²) in [7, 11) is -3.11. The van der Waals surface area contributed by atoms with E-state index in [0.29, 0.717) is 12.8 Å². The van der Waals surface area contributed by atoms with Crippen LogP contribution in [0.3, 0.4) is 0 Å². The molecule has 2 aromatic carbocycles. The average Bonchev–Trinajstić information content (AvgIpc) is 3.42. The molecular weight excluding hydrogens is 717 g/mol. The molecule has 4 atom stereocenters. The molecule has 2 saturated carbocycles. The van der Waals surface area contributed by atoms with Gasteiger partial charge in [0.25, 0.3) is 0 Å². The lowest BCUT2D eigenvalue weighted by molar-refractivity contribution is -0.146. The van der Waals surface area contributed by atoms with Crippen LogP contribution in [0.5, 0.6) is 0 Å². The van der Waals surface area contributed by atoms with Crippen molar-refractivity contribution in [1.29, 1.82) is 0 Å². The zero-order chi connectivity index (χ0) is 39.1. The summed E-state index contributed by atoms with van der Waals surface area (Å²) in [5.74, 6) is -3.09. The minimum absolute atomic E-state index is 0.0924. The van der Waals surface area contributed by atoms with E-state index in [9.17, 15) is 28.5 Å². The van der Waals surface area contributed by atoms with Crippen molar-refractivity contribution >= 4 is 37.4 Å². The van der Waals surface area contributed by atoms with Gasteiger partial charge in [0.15, 0.2) is 5.28 Å². The zero-order valence-corrected chi connectivity index (χ0v) is 32.2. The van der Waals surface area contributed by atoms with Crippen LogP contribution in [0.1, 0.15) is 86.4 Å². The first-order valence-corrected chi connectivity index (χ1v) is 19.8. The van der Waals surface area contributed by atoms with Gasteiger partial charge in [0.1, 0.15) is 18.2 Å². The molecule has 3 aliphatic rings. The van der Waals surface area contributed by atoms with Gasteiger partial charge in [-0.1, -0.05) is 63.2 Å². The number of hydrogen-bond acceptors (Lipinski definition) is 11. The van der Waals surface area contributed by atoms with E-state index >= 15 is 0 Å². The second kappa shape index (κ2) is 17.3. The van der Waals surface area contributed by atoms with Gasteiger partial charge in [-0.25, -0.2) is 14.4 Å². The predicted octanol–water partition coefficient (Wildman–Crippen LogP) is 6.28. The van der Waals surface area contributed by atoms with Crippen molar-refractivity contribution in [2.45, 2.75) is 89.2 Å². The second-order valence-corrected chi connectivity index (χ2v) is 17.1. The molecule has 14 nitrogen and oxygen atoms in total. The van der Waals surface area contributed by atoms with Crippen LogP contribution in [0.15, 0.2) is 73.3 Å². The minimum Gasteiger partial charge on any atom is -0.446 e. The summed E-state index contributed by atoms with van der Waals surface area (Å²) < 4.78 is 42.7. The van der Waals surface area contributed by atoms with Crippen molar-refractivity contribution < 1.29 is 51.8 Å².